The van der Waals surface area contributed by atoms with E-state index in [2.05, 4.69) is 16.9 Å². The molecule has 1 aromatic heterocycles. The minimum absolute atomic E-state index is 0.0704. The molecule has 2 heterocycles. The third-order valence-corrected chi connectivity index (χ3v) is 4.11. The third kappa shape index (κ3) is 3.35. The molecule has 24 heavy (non-hydrogen) atoms. The number of nitrogens with zero attached hydrogens (tertiary/aromatic N) is 2. The van der Waals surface area contributed by atoms with Gasteiger partial charge in [-0.2, -0.15) is 0 Å². The van der Waals surface area contributed by atoms with Gasteiger partial charge in [0.1, 0.15) is 5.69 Å². The fourth-order valence-electron chi connectivity index (χ4n) is 2.75. The second kappa shape index (κ2) is 6.66. The molecule has 0 atom stereocenters. The van der Waals surface area contributed by atoms with Crippen molar-refractivity contribution in [3.8, 4) is 0 Å². The molecule has 1 N–H and O–H groups in total. The van der Waals surface area contributed by atoms with Gasteiger partial charge in [0.05, 0.1) is 0 Å². The standard InChI is InChI=1S/C19H19N3O2/c1-3-18(23)22-9-8-14-5-6-16(10-15(14)12-22)21-19(24)17-7-4-13(2)11-20-17/h3-7,10-11H,1,8-9,12H2,2H3,(H,21,24). The minimum atomic E-state index is -0.246. The predicted octanol–water partition coefficient (Wildman–Crippen LogP) is 2.71. The van der Waals surface area contributed by atoms with Crippen LogP contribution in [-0.4, -0.2) is 28.2 Å². The quantitative estimate of drug-likeness (QED) is 0.884. The summed E-state index contributed by atoms with van der Waals surface area (Å²) in [4.78, 5) is 29.9. The first-order valence-corrected chi connectivity index (χ1v) is 7.84. The lowest BCUT2D eigenvalue weighted by atomic mass is 9.99. The topological polar surface area (TPSA) is 62.3 Å². The van der Waals surface area contributed by atoms with Crippen LogP contribution in [0.1, 0.15) is 27.2 Å². The Kier molecular flexibility index (Phi) is 4.42. The average Bonchev–Trinajstić information content (AvgIpc) is 2.61. The number of rotatable bonds is 3. The summed E-state index contributed by atoms with van der Waals surface area (Å²) in [5.74, 6) is -0.316. The summed E-state index contributed by atoms with van der Waals surface area (Å²) in [7, 11) is 0. The Morgan fingerprint density at radius 2 is 2.08 bits per heavy atom. The van der Waals surface area contributed by atoms with Crippen molar-refractivity contribution in [3.63, 3.8) is 0 Å². The second-order valence-corrected chi connectivity index (χ2v) is 5.87. The van der Waals surface area contributed by atoms with Crippen molar-refractivity contribution in [2.24, 2.45) is 0 Å². The summed E-state index contributed by atoms with van der Waals surface area (Å²) in [6, 6.07) is 9.37. The number of carbonyl (C=O) groups is 2. The molecule has 0 saturated carbocycles. The third-order valence-electron chi connectivity index (χ3n) is 4.11. The number of anilines is 1. The van der Waals surface area contributed by atoms with Crippen molar-refractivity contribution in [2.75, 3.05) is 11.9 Å². The number of pyridine rings is 1. The molecule has 0 fully saturated rings. The fraction of sp³-hybridized carbons (Fsp3) is 0.211. The van der Waals surface area contributed by atoms with Gasteiger partial charge in [0.25, 0.3) is 5.91 Å². The SMILES string of the molecule is C=CC(=O)N1CCc2ccc(NC(=O)c3ccc(C)cn3)cc2C1. The van der Waals surface area contributed by atoms with E-state index in [1.165, 1.54) is 11.6 Å². The van der Waals surface area contributed by atoms with Crippen LogP contribution in [0.25, 0.3) is 0 Å². The van der Waals surface area contributed by atoms with E-state index < -0.39 is 0 Å². The van der Waals surface area contributed by atoms with Crippen molar-refractivity contribution in [1.29, 1.82) is 0 Å². The number of hydrogen-bond donors (Lipinski definition) is 1. The zero-order valence-corrected chi connectivity index (χ0v) is 13.6. The first kappa shape index (κ1) is 15.9. The van der Waals surface area contributed by atoms with Gasteiger partial charge >= 0.3 is 0 Å². The number of benzene rings is 1. The summed E-state index contributed by atoms with van der Waals surface area (Å²) in [6.45, 7) is 6.68. The summed E-state index contributed by atoms with van der Waals surface area (Å²) >= 11 is 0. The average molecular weight is 321 g/mol. The minimum Gasteiger partial charge on any atom is -0.335 e. The molecule has 0 saturated heterocycles. The van der Waals surface area contributed by atoms with E-state index in [0.29, 0.717) is 24.5 Å². The molecule has 1 aliphatic heterocycles. The van der Waals surface area contributed by atoms with E-state index in [-0.39, 0.29) is 11.8 Å². The largest absolute Gasteiger partial charge is 0.335 e. The number of aryl methyl sites for hydroxylation is 1. The van der Waals surface area contributed by atoms with E-state index in [0.717, 1.165) is 17.5 Å². The highest BCUT2D eigenvalue weighted by Gasteiger charge is 2.19. The first-order valence-electron chi connectivity index (χ1n) is 7.84. The van der Waals surface area contributed by atoms with Crippen molar-refractivity contribution in [1.82, 2.24) is 9.88 Å². The first-order chi connectivity index (χ1) is 11.6. The molecule has 1 aromatic carbocycles. The number of nitrogens with one attached hydrogen (secondary N) is 1. The van der Waals surface area contributed by atoms with E-state index >= 15 is 0 Å². The van der Waals surface area contributed by atoms with Crippen LogP contribution < -0.4 is 5.32 Å². The Morgan fingerprint density at radius 3 is 2.79 bits per heavy atom. The van der Waals surface area contributed by atoms with Crippen molar-refractivity contribution in [3.05, 3.63) is 71.6 Å². The van der Waals surface area contributed by atoms with Crippen molar-refractivity contribution >= 4 is 17.5 Å². The van der Waals surface area contributed by atoms with Crippen LogP contribution in [0.15, 0.2) is 49.2 Å². The van der Waals surface area contributed by atoms with Crippen LogP contribution in [-0.2, 0) is 17.8 Å². The van der Waals surface area contributed by atoms with Gasteiger partial charge in [0.15, 0.2) is 0 Å². The molecular formula is C19H19N3O2. The Balaban J connectivity index is 1.76. The van der Waals surface area contributed by atoms with Crippen molar-refractivity contribution in [2.45, 2.75) is 19.9 Å². The summed E-state index contributed by atoms with van der Waals surface area (Å²) < 4.78 is 0. The summed E-state index contributed by atoms with van der Waals surface area (Å²) in [5, 5.41) is 2.86. The molecule has 0 aliphatic carbocycles. The number of amides is 2. The maximum atomic E-state index is 12.3. The maximum absolute atomic E-state index is 12.3. The fourth-order valence-corrected chi connectivity index (χ4v) is 2.75. The number of carbonyl (C=O) groups excluding carboxylic acids is 2. The highest BCUT2D eigenvalue weighted by atomic mass is 16.2. The molecule has 0 radical (unpaired) electrons. The number of aromatic nitrogens is 1. The molecule has 2 amide bonds. The van der Waals surface area contributed by atoms with Gasteiger partial charge in [-0.15, -0.1) is 0 Å². The Bertz CT molecular complexity index is 797. The van der Waals surface area contributed by atoms with Gasteiger partial charge < -0.3 is 10.2 Å². The molecule has 122 valence electrons. The van der Waals surface area contributed by atoms with Crippen LogP contribution >= 0.6 is 0 Å². The molecule has 0 bridgehead atoms. The van der Waals surface area contributed by atoms with E-state index in [9.17, 15) is 9.59 Å². The molecule has 2 aromatic rings. The van der Waals surface area contributed by atoms with Crippen LogP contribution in [0.3, 0.4) is 0 Å². The zero-order chi connectivity index (χ0) is 17.1. The van der Waals surface area contributed by atoms with Gasteiger partial charge in [-0.1, -0.05) is 18.7 Å². The van der Waals surface area contributed by atoms with Gasteiger partial charge in [0, 0.05) is 25.0 Å². The number of hydrogen-bond acceptors (Lipinski definition) is 3. The smallest absolute Gasteiger partial charge is 0.274 e. The Morgan fingerprint density at radius 1 is 1.25 bits per heavy atom. The molecule has 0 spiro atoms. The molecule has 0 unspecified atom stereocenters. The van der Waals surface area contributed by atoms with Crippen LogP contribution in [0.4, 0.5) is 5.69 Å². The molecule has 5 heteroatoms. The molecule has 5 nitrogen and oxygen atoms in total. The highest BCUT2D eigenvalue weighted by Crippen LogP contribution is 2.23. The van der Waals surface area contributed by atoms with Crippen molar-refractivity contribution < 1.29 is 9.59 Å². The lowest BCUT2D eigenvalue weighted by Gasteiger charge is -2.28. The second-order valence-electron chi connectivity index (χ2n) is 5.87. The molecular weight excluding hydrogens is 302 g/mol. The van der Waals surface area contributed by atoms with E-state index in [1.807, 2.05) is 31.2 Å². The lowest BCUT2D eigenvalue weighted by Crippen LogP contribution is -2.34. The van der Waals surface area contributed by atoms with Crippen LogP contribution in [0, 0.1) is 6.92 Å². The van der Waals surface area contributed by atoms with Gasteiger partial charge in [0.2, 0.25) is 5.91 Å². The van der Waals surface area contributed by atoms with E-state index in [1.54, 1.807) is 17.2 Å². The Labute approximate surface area is 141 Å². The normalized spacial score (nSPS) is 13.1. The highest BCUT2D eigenvalue weighted by molar-refractivity contribution is 6.02. The van der Waals surface area contributed by atoms with Crippen LogP contribution in [0.5, 0.6) is 0 Å². The summed E-state index contributed by atoms with van der Waals surface area (Å²) in [6.07, 6.45) is 3.81. The predicted molar refractivity (Wildman–Crippen MR) is 92.7 cm³/mol. The van der Waals surface area contributed by atoms with Crippen LogP contribution in [0.2, 0.25) is 0 Å². The monoisotopic (exact) mass is 321 g/mol. The zero-order valence-electron chi connectivity index (χ0n) is 13.6. The van der Waals surface area contributed by atoms with Gasteiger partial charge in [-0.05, 0) is 54.3 Å². The number of fused-ring (bicyclic) bond motifs is 1. The van der Waals surface area contributed by atoms with Gasteiger partial charge in [-0.25, -0.2) is 0 Å². The Hall–Kier alpha value is -2.95. The van der Waals surface area contributed by atoms with Gasteiger partial charge in [-0.3, -0.25) is 14.6 Å². The molecule has 3 rings (SSSR count). The summed E-state index contributed by atoms with van der Waals surface area (Å²) in [5.41, 5.74) is 4.34. The maximum Gasteiger partial charge on any atom is 0.274 e. The van der Waals surface area contributed by atoms with E-state index in [4.69, 9.17) is 0 Å². The molecule has 1 aliphatic rings. The lowest BCUT2D eigenvalue weighted by molar-refractivity contribution is -0.126.